The van der Waals surface area contributed by atoms with E-state index in [1.807, 2.05) is 29.5 Å². The van der Waals surface area contributed by atoms with Crippen LogP contribution in [0.2, 0.25) is 0 Å². The summed E-state index contributed by atoms with van der Waals surface area (Å²) in [5, 5.41) is 5.27. The number of anilines is 1. The molecule has 0 radical (unpaired) electrons. The Morgan fingerprint density at radius 2 is 2.22 bits per heavy atom. The Labute approximate surface area is 165 Å². The fourth-order valence-corrected chi connectivity index (χ4v) is 4.13. The standard InChI is InChI=1S/C20H28N4O2S/c1-25-16-7-8-19(26-2)18(11-16)23-20(21)22-12-15-5-3-9-24(13-15)14-17-6-4-10-27-17/h4,6-8,10-11,15H,3,5,9,12-14H2,1-2H3,(H3,21,22,23). The van der Waals surface area contributed by atoms with E-state index in [-0.39, 0.29) is 0 Å². The fraction of sp³-hybridized carbons (Fsp3) is 0.450. The highest BCUT2D eigenvalue weighted by molar-refractivity contribution is 7.09. The van der Waals surface area contributed by atoms with Gasteiger partial charge in [0.1, 0.15) is 11.5 Å². The van der Waals surface area contributed by atoms with Gasteiger partial charge in [-0.2, -0.15) is 0 Å². The molecule has 1 unspecified atom stereocenters. The number of thiophene rings is 1. The molecule has 2 heterocycles. The highest BCUT2D eigenvalue weighted by Crippen LogP contribution is 2.28. The van der Waals surface area contributed by atoms with Crippen LogP contribution in [0, 0.1) is 5.92 Å². The maximum absolute atomic E-state index is 6.11. The average molecular weight is 389 g/mol. The van der Waals surface area contributed by atoms with Gasteiger partial charge in [0.25, 0.3) is 0 Å². The van der Waals surface area contributed by atoms with Gasteiger partial charge < -0.3 is 20.5 Å². The zero-order chi connectivity index (χ0) is 19.1. The van der Waals surface area contributed by atoms with Crippen molar-refractivity contribution in [3.8, 4) is 11.5 Å². The molecule has 2 aromatic rings. The predicted octanol–water partition coefficient (Wildman–Crippen LogP) is 3.40. The van der Waals surface area contributed by atoms with Crippen LogP contribution in [0.5, 0.6) is 11.5 Å². The van der Waals surface area contributed by atoms with Crippen molar-refractivity contribution in [1.29, 1.82) is 0 Å². The number of aliphatic imine (C=N–C) groups is 1. The first kappa shape index (κ1) is 19.5. The number of methoxy groups -OCH3 is 2. The van der Waals surface area contributed by atoms with Crippen LogP contribution in [-0.4, -0.2) is 44.7 Å². The molecule has 7 heteroatoms. The van der Waals surface area contributed by atoms with E-state index in [1.165, 1.54) is 17.7 Å². The first-order valence-electron chi connectivity index (χ1n) is 9.21. The van der Waals surface area contributed by atoms with Crippen molar-refractivity contribution >= 4 is 23.0 Å². The predicted molar refractivity (Wildman–Crippen MR) is 112 cm³/mol. The van der Waals surface area contributed by atoms with Gasteiger partial charge in [0.2, 0.25) is 0 Å². The van der Waals surface area contributed by atoms with E-state index >= 15 is 0 Å². The van der Waals surface area contributed by atoms with Crippen LogP contribution >= 0.6 is 11.3 Å². The lowest BCUT2D eigenvalue weighted by molar-refractivity contribution is 0.172. The molecule has 6 nitrogen and oxygen atoms in total. The lowest BCUT2D eigenvalue weighted by atomic mass is 9.98. The topological polar surface area (TPSA) is 72.1 Å². The van der Waals surface area contributed by atoms with Gasteiger partial charge in [0.15, 0.2) is 5.96 Å². The van der Waals surface area contributed by atoms with Gasteiger partial charge in [-0.05, 0) is 48.9 Å². The summed E-state index contributed by atoms with van der Waals surface area (Å²) in [6.45, 7) is 3.99. The van der Waals surface area contributed by atoms with Gasteiger partial charge in [-0.15, -0.1) is 11.3 Å². The summed E-state index contributed by atoms with van der Waals surface area (Å²) < 4.78 is 10.6. The Bertz CT molecular complexity index is 748. The van der Waals surface area contributed by atoms with Gasteiger partial charge in [0, 0.05) is 30.6 Å². The van der Waals surface area contributed by atoms with Gasteiger partial charge in [-0.3, -0.25) is 9.89 Å². The van der Waals surface area contributed by atoms with Crippen LogP contribution in [-0.2, 0) is 6.54 Å². The first-order chi connectivity index (χ1) is 13.2. The Balaban J connectivity index is 1.55. The SMILES string of the molecule is COc1ccc(OC)c(NC(N)=NCC2CCCN(Cc3cccs3)C2)c1. The van der Waals surface area contributed by atoms with Gasteiger partial charge in [-0.1, -0.05) is 6.07 Å². The summed E-state index contributed by atoms with van der Waals surface area (Å²) in [6.07, 6.45) is 2.41. The van der Waals surface area contributed by atoms with E-state index in [4.69, 9.17) is 15.2 Å². The van der Waals surface area contributed by atoms with Crippen LogP contribution in [0.15, 0.2) is 40.7 Å². The van der Waals surface area contributed by atoms with E-state index in [2.05, 4.69) is 32.7 Å². The van der Waals surface area contributed by atoms with Crippen LogP contribution in [0.3, 0.4) is 0 Å². The van der Waals surface area contributed by atoms with Crippen molar-refractivity contribution in [3.05, 3.63) is 40.6 Å². The fourth-order valence-electron chi connectivity index (χ4n) is 3.38. The molecule has 1 atom stereocenters. The van der Waals surface area contributed by atoms with Crippen molar-refractivity contribution in [2.75, 3.05) is 39.2 Å². The zero-order valence-electron chi connectivity index (χ0n) is 16.0. The molecule has 1 aliphatic heterocycles. The Morgan fingerprint density at radius 1 is 1.33 bits per heavy atom. The molecule has 0 aliphatic carbocycles. The number of nitrogens with one attached hydrogen (secondary N) is 1. The molecule has 1 saturated heterocycles. The van der Waals surface area contributed by atoms with Crippen molar-refractivity contribution in [1.82, 2.24) is 4.90 Å². The molecule has 0 saturated carbocycles. The Kier molecular flexibility index (Phi) is 6.95. The minimum absolute atomic E-state index is 0.400. The highest BCUT2D eigenvalue weighted by atomic mass is 32.1. The molecule has 3 N–H and O–H groups in total. The maximum Gasteiger partial charge on any atom is 0.193 e. The van der Waals surface area contributed by atoms with Gasteiger partial charge in [-0.25, -0.2) is 0 Å². The Morgan fingerprint density at radius 3 is 2.96 bits per heavy atom. The van der Waals surface area contributed by atoms with Crippen LogP contribution in [0.4, 0.5) is 5.69 Å². The summed E-state index contributed by atoms with van der Waals surface area (Å²) >= 11 is 1.82. The second-order valence-electron chi connectivity index (χ2n) is 6.74. The molecular weight excluding hydrogens is 360 g/mol. The number of ether oxygens (including phenoxy) is 2. The molecular formula is C20H28N4O2S. The van der Waals surface area contributed by atoms with E-state index in [0.717, 1.165) is 37.6 Å². The number of nitrogens with two attached hydrogens (primary N) is 1. The molecule has 1 aromatic carbocycles. The number of likely N-dealkylation sites (tertiary alicyclic amines) is 1. The molecule has 146 valence electrons. The number of guanidine groups is 1. The van der Waals surface area contributed by atoms with Crippen molar-refractivity contribution in [2.45, 2.75) is 19.4 Å². The second kappa shape index (κ2) is 9.62. The lowest BCUT2D eigenvalue weighted by Gasteiger charge is -2.31. The first-order valence-corrected chi connectivity index (χ1v) is 10.1. The van der Waals surface area contributed by atoms with E-state index in [1.54, 1.807) is 14.2 Å². The third-order valence-electron chi connectivity index (χ3n) is 4.75. The summed E-state index contributed by atoms with van der Waals surface area (Å²) in [6, 6.07) is 9.87. The minimum Gasteiger partial charge on any atom is -0.497 e. The lowest BCUT2D eigenvalue weighted by Crippen LogP contribution is -2.36. The number of nitrogens with zero attached hydrogens (tertiary/aromatic N) is 2. The molecule has 1 aromatic heterocycles. The minimum atomic E-state index is 0.400. The number of rotatable bonds is 7. The van der Waals surface area contributed by atoms with Crippen molar-refractivity contribution in [2.24, 2.45) is 16.6 Å². The quantitative estimate of drug-likeness (QED) is 0.562. The normalized spacial score (nSPS) is 18.3. The molecule has 1 aliphatic rings. The molecule has 0 amide bonds. The highest BCUT2D eigenvalue weighted by Gasteiger charge is 2.20. The average Bonchev–Trinajstić information content (AvgIpc) is 3.19. The smallest absolute Gasteiger partial charge is 0.193 e. The van der Waals surface area contributed by atoms with Gasteiger partial charge >= 0.3 is 0 Å². The zero-order valence-corrected chi connectivity index (χ0v) is 16.8. The number of piperidine rings is 1. The Hall–Kier alpha value is -2.25. The van der Waals surface area contributed by atoms with Gasteiger partial charge in [0.05, 0.1) is 19.9 Å². The van der Waals surface area contributed by atoms with E-state index in [9.17, 15) is 0 Å². The monoisotopic (exact) mass is 388 g/mol. The van der Waals surface area contributed by atoms with Crippen LogP contribution in [0.1, 0.15) is 17.7 Å². The third kappa shape index (κ3) is 5.61. The summed E-state index contributed by atoms with van der Waals surface area (Å²) in [7, 11) is 3.26. The summed E-state index contributed by atoms with van der Waals surface area (Å²) in [5.74, 6) is 2.37. The third-order valence-corrected chi connectivity index (χ3v) is 5.61. The molecule has 3 rings (SSSR count). The second-order valence-corrected chi connectivity index (χ2v) is 7.77. The van der Waals surface area contributed by atoms with Crippen molar-refractivity contribution in [3.63, 3.8) is 0 Å². The number of hydrogen-bond donors (Lipinski definition) is 2. The van der Waals surface area contributed by atoms with Crippen molar-refractivity contribution < 1.29 is 9.47 Å². The van der Waals surface area contributed by atoms with E-state index in [0.29, 0.717) is 17.6 Å². The number of hydrogen-bond acceptors (Lipinski definition) is 5. The van der Waals surface area contributed by atoms with Crippen LogP contribution < -0.4 is 20.5 Å². The molecule has 0 bridgehead atoms. The largest absolute Gasteiger partial charge is 0.497 e. The summed E-state index contributed by atoms with van der Waals surface area (Å²) in [4.78, 5) is 8.51. The van der Waals surface area contributed by atoms with E-state index < -0.39 is 0 Å². The molecule has 0 spiro atoms. The number of benzene rings is 1. The molecule has 1 fully saturated rings. The molecule has 27 heavy (non-hydrogen) atoms. The van der Waals surface area contributed by atoms with Crippen LogP contribution in [0.25, 0.3) is 0 Å². The summed E-state index contributed by atoms with van der Waals surface area (Å²) in [5.41, 5.74) is 6.86. The maximum atomic E-state index is 6.11.